The second-order valence-corrected chi connectivity index (χ2v) is 4.44. The standard InChI is InChI=1S/C12H18N6O/c1-9-8-11(17-19-9)15-10-4-5-13-12(16-10)14-6-7-18(2)3/h4-5,8H,6-7H2,1-3H3,(H2,13,14,15,16,17). The zero-order valence-electron chi connectivity index (χ0n) is 11.3. The van der Waals surface area contributed by atoms with Gasteiger partial charge in [0.05, 0.1) is 0 Å². The van der Waals surface area contributed by atoms with Crippen LogP contribution in [-0.4, -0.2) is 47.2 Å². The molecule has 0 radical (unpaired) electrons. The average Bonchev–Trinajstić information content (AvgIpc) is 2.75. The molecule has 0 aliphatic heterocycles. The first-order chi connectivity index (χ1) is 9.13. The minimum Gasteiger partial charge on any atom is -0.360 e. The number of hydrogen-bond donors (Lipinski definition) is 2. The van der Waals surface area contributed by atoms with E-state index < -0.39 is 0 Å². The van der Waals surface area contributed by atoms with Gasteiger partial charge in [-0.1, -0.05) is 5.16 Å². The van der Waals surface area contributed by atoms with Gasteiger partial charge < -0.3 is 20.1 Å². The summed E-state index contributed by atoms with van der Waals surface area (Å²) < 4.78 is 4.98. The molecule has 2 rings (SSSR count). The second-order valence-electron chi connectivity index (χ2n) is 4.44. The van der Waals surface area contributed by atoms with E-state index in [9.17, 15) is 0 Å². The molecule has 102 valence electrons. The summed E-state index contributed by atoms with van der Waals surface area (Å²) in [5.41, 5.74) is 0. The third-order valence-corrected chi connectivity index (χ3v) is 2.38. The normalized spacial score (nSPS) is 10.7. The van der Waals surface area contributed by atoms with E-state index in [0.717, 1.165) is 18.8 Å². The molecule has 0 fully saturated rings. The van der Waals surface area contributed by atoms with Crippen LogP contribution in [0.25, 0.3) is 0 Å². The molecular weight excluding hydrogens is 244 g/mol. The molecule has 0 spiro atoms. The average molecular weight is 262 g/mol. The van der Waals surface area contributed by atoms with Crippen molar-refractivity contribution in [2.45, 2.75) is 6.92 Å². The number of nitrogens with zero attached hydrogens (tertiary/aromatic N) is 4. The quantitative estimate of drug-likeness (QED) is 0.816. The largest absolute Gasteiger partial charge is 0.360 e. The van der Waals surface area contributed by atoms with Gasteiger partial charge in [-0.15, -0.1) is 0 Å². The highest BCUT2D eigenvalue weighted by Gasteiger charge is 2.03. The summed E-state index contributed by atoms with van der Waals surface area (Å²) in [6.45, 7) is 3.55. The Labute approximate surface area is 112 Å². The zero-order chi connectivity index (χ0) is 13.7. The third-order valence-electron chi connectivity index (χ3n) is 2.38. The van der Waals surface area contributed by atoms with Crippen molar-refractivity contribution in [3.8, 4) is 0 Å². The molecule has 0 amide bonds. The van der Waals surface area contributed by atoms with Crippen molar-refractivity contribution < 1.29 is 4.52 Å². The molecule has 7 heteroatoms. The van der Waals surface area contributed by atoms with E-state index in [1.807, 2.05) is 21.0 Å². The van der Waals surface area contributed by atoms with Gasteiger partial charge in [0.2, 0.25) is 5.95 Å². The van der Waals surface area contributed by atoms with Gasteiger partial charge in [0.15, 0.2) is 5.82 Å². The number of hydrogen-bond acceptors (Lipinski definition) is 7. The Kier molecular flexibility index (Phi) is 4.30. The fraction of sp³-hybridized carbons (Fsp3) is 0.417. The predicted octanol–water partition coefficient (Wildman–Crippen LogP) is 1.49. The Bertz CT molecular complexity index is 524. The Hall–Kier alpha value is -2.15. The highest BCUT2D eigenvalue weighted by Crippen LogP contribution is 2.14. The van der Waals surface area contributed by atoms with Crippen LogP contribution in [0.1, 0.15) is 5.76 Å². The summed E-state index contributed by atoms with van der Waals surface area (Å²) in [7, 11) is 4.04. The monoisotopic (exact) mass is 262 g/mol. The van der Waals surface area contributed by atoms with Crippen LogP contribution in [0.3, 0.4) is 0 Å². The van der Waals surface area contributed by atoms with Gasteiger partial charge in [-0.2, -0.15) is 4.98 Å². The molecular formula is C12H18N6O. The first-order valence-corrected chi connectivity index (χ1v) is 6.05. The van der Waals surface area contributed by atoms with E-state index in [1.54, 1.807) is 18.3 Å². The molecule has 0 aliphatic rings. The highest BCUT2D eigenvalue weighted by atomic mass is 16.5. The maximum Gasteiger partial charge on any atom is 0.224 e. The molecule has 19 heavy (non-hydrogen) atoms. The zero-order valence-corrected chi connectivity index (χ0v) is 11.3. The van der Waals surface area contributed by atoms with Crippen LogP contribution in [-0.2, 0) is 0 Å². The summed E-state index contributed by atoms with van der Waals surface area (Å²) in [6.07, 6.45) is 1.69. The molecule has 0 aliphatic carbocycles. The van der Waals surface area contributed by atoms with Crippen LogP contribution in [0.5, 0.6) is 0 Å². The van der Waals surface area contributed by atoms with E-state index in [-0.39, 0.29) is 0 Å². The van der Waals surface area contributed by atoms with Crippen LogP contribution in [0, 0.1) is 6.92 Å². The van der Waals surface area contributed by atoms with Crippen molar-refractivity contribution >= 4 is 17.6 Å². The van der Waals surface area contributed by atoms with Gasteiger partial charge in [-0.05, 0) is 27.1 Å². The molecule has 0 unspecified atom stereocenters. The van der Waals surface area contributed by atoms with Crippen molar-refractivity contribution in [3.63, 3.8) is 0 Å². The van der Waals surface area contributed by atoms with Crippen LogP contribution in [0.4, 0.5) is 17.6 Å². The molecule has 2 heterocycles. The fourth-order valence-corrected chi connectivity index (χ4v) is 1.46. The molecule has 2 aromatic heterocycles. The lowest BCUT2D eigenvalue weighted by Crippen LogP contribution is -2.21. The molecule has 0 saturated heterocycles. The number of nitrogens with one attached hydrogen (secondary N) is 2. The van der Waals surface area contributed by atoms with Crippen molar-refractivity contribution in [3.05, 3.63) is 24.1 Å². The van der Waals surface area contributed by atoms with Gasteiger partial charge in [-0.3, -0.25) is 0 Å². The summed E-state index contributed by atoms with van der Waals surface area (Å²) in [4.78, 5) is 10.6. The van der Waals surface area contributed by atoms with Gasteiger partial charge in [0.25, 0.3) is 0 Å². The van der Waals surface area contributed by atoms with Gasteiger partial charge >= 0.3 is 0 Å². The van der Waals surface area contributed by atoms with Gasteiger partial charge in [-0.25, -0.2) is 4.98 Å². The van der Waals surface area contributed by atoms with Crippen molar-refractivity contribution in [1.29, 1.82) is 0 Å². The fourth-order valence-electron chi connectivity index (χ4n) is 1.46. The molecule has 2 aromatic rings. The van der Waals surface area contributed by atoms with Crippen LogP contribution in [0.15, 0.2) is 22.9 Å². The maximum atomic E-state index is 4.98. The number of likely N-dealkylation sites (N-methyl/N-ethyl adjacent to an activating group) is 1. The van der Waals surface area contributed by atoms with Gasteiger partial charge in [0.1, 0.15) is 11.6 Å². The Morgan fingerprint density at radius 2 is 2.16 bits per heavy atom. The maximum absolute atomic E-state index is 4.98. The molecule has 0 atom stereocenters. The van der Waals surface area contributed by atoms with Crippen LogP contribution < -0.4 is 10.6 Å². The topological polar surface area (TPSA) is 79.1 Å². The summed E-state index contributed by atoms with van der Waals surface area (Å²) in [6, 6.07) is 3.59. The SMILES string of the molecule is Cc1cc(Nc2ccnc(NCCN(C)C)n2)no1. The third kappa shape index (κ3) is 4.22. The summed E-state index contributed by atoms with van der Waals surface area (Å²) in [5, 5.41) is 10.1. The van der Waals surface area contributed by atoms with Crippen molar-refractivity contribution in [1.82, 2.24) is 20.0 Å². The molecule has 0 saturated carbocycles. The molecule has 7 nitrogen and oxygen atoms in total. The van der Waals surface area contributed by atoms with Crippen molar-refractivity contribution in [2.24, 2.45) is 0 Å². The van der Waals surface area contributed by atoms with E-state index in [2.05, 4.69) is 30.7 Å². The number of aryl methyl sites for hydroxylation is 1. The number of anilines is 3. The lowest BCUT2D eigenvalue weighted by atomic mass is 10.5. The summed E-state index contributed by atoms with van der Waals surface area (Å²) >= 11 is 0. The van der Waals surface area contributed by atoms with E-state index in [1.165, 1.54) is 0 Å². The van der Waals surface area contributed by atoms with Crippen LogP contribution >= 0.6 is 0 Å². The molecule has 0 aromatic carbocycles. The van der Waals surface area contributed by atoms with E-state index in [0.29, 0.717) is 17.6 Å². The predicted molar refractivity (Wildman–Crippen MR) is 73.6 cm³/mol. The van der Waals surface area contributed by atoms with Crippen molar-refractivity contribution in [2.75, 3.05) is 37.8 Å². The van der Waals surface area contributed by atoms with E-state index >= 15 is 0 Å². The first kappa shape index (κ1) is 13.3. The highest BCUT2D eigenvalue weighted by molar-refractivity contribution is 5.52. The van der Waals surface area contributed by atoms with Crippen LogP contribution in [0.2, 0.25) is 0 Å². The Morgan fingerprint density at radius 3 is 2.84 bits per heavy atom. The first-order valence-electron chi connectivity index (χ1n) is 6.05. The minimum absolute atomic E-state index is 0.590. The Balaban J connectivity index is 1.95. The smallest absolute Gasteiger partial charge is 0.224 e. The lowest BCUT2D eigenvalue weighted by Gasteiger charge is -2.10. The van der Waals surface area contributed by atoms with E-state index in [4.69, 9.17) is 4.52 Å². The second kappa shape index (κ2) is 6.14. The minimum atomic E-state index is 0.590. The molecule has 0 bridgehead atoms. The lowest BCUT2D eigenvalue weighted by molar-refractivity contribution is 0.400. The number of aromatic nitrogens is 3. The Morgan fingerprint density at radius 1 is 1.32 bits per heavy atom. The summed E-state index contributed by atoms with van der Waals surface area (Å²) in [5.74, 6) is 2.65. The number of rotatable bonds is 6. The van der Waals surface area contributed by atoms with Gasteiger partial charge in [0, 0.05) is 25.4 Å². The molecule has 2 N–H and O–H groups in total.